The average molecular weight is 515 g/mol. The van der Waals surface area contributed by atoms with E-state index in [4.69, 9.17) is 4.98 Å². The van der Waals surface area contributed by atoms with Gasteiger partial charge in [0.2, 0.25) is 0 Å². The van der Waals surface area contributed by atoms with Crippen molar-refractivity contribution in [2.45, 2.75) is 40.5 Å². The molecular weight excluding hydrogens is 477 g/mol. The molecule has 0 saturated carbocycles. The highest BCUT2D eigenvalue weighted by atomic mass is 35.5. The summed E-state index contributed by atoms with van der Waals surface area (Å²) in [6.45, 7) is 10.3. The standard InChI is InChI=1S/C23H28N4.C2H7N.3ClH/c1-5-13-27(14-6-2)23-21-15-17(24-7-3)9-11-19(21)20-12-10-18(25-8-4)16-22(20)26-23;1-3-2;;;/h7-12,15-16H,5-6,13-14H2,1-4H3;3H,1-2H3;3*1H. The molecule has 2 aromatic carbocycles. The molecule has 1 N–H and O–H groups in total. The Kier molecular flexibility index (Phi) is 17.7. The van der Waals surface area contributed by atoms with Gasteiger partial charge in [0.25, 0.3) is 0 Å². The van der Waals surface area contributed by atoms with Gasteiger partial charge >= 0.3 is 0 Å². The highest BCUT2D eigenvalue weighted by Gasteiger charge is 2.15. The topological polar surface area (TPSA) is 52.9 Å². The van der Waals surface area contributed by atoms with E-state index in [0.29, 0.717) is 0 Å². The van der Waals surface area contributed by atoms with Crippen LogP contribution in [0.5, 0.6) is 0 Å². The van der Waals surface area contributed by atoms with E-state index in [1.54, 1.807) is 0 Å². The zero-order valence-electron chi connectivity index (χ0n) is 20.5. The number of nitrogens with zero attached hydrogens (tertiary/aromatic N) is 4. The molecule has 5 nitrogen and oxygen atoms in total. The van der Waals surface area contributed by atoms with Crippen molar-refractivity contribution >= 4 is 88.5 Å². The van der Waals surface area contributed by atoms with Crippen LogP contribution in [0.3, 0.4) is 0 Å². The van der Waals surface area contributed by atoms with Gasteiger partial charge < -0.3 is 10.2 Å². The number of nitrogens with one attached hydrogen (secondary N) is 1. The summed E-state index contributed by atoms with van der Waals surface area (Å²) >= 11 is 0. The molecule has 33 heavy (non-hydrogen) atoms. The Hall–Kier alpha value is -1.92. The second kappa shape index (κ2) is 17.5. The molecule has 0 fully saturated rings. The molecule has 1 heterocycles. The molecule has 8 heteroatoms. The molecule has 0 atom stereocenters. The summed E-state index contributed by atoms with van der Waals surface area (Å²) in [7, 11) is 3.75. The van der Waals surface area contributed by atoms with Gasteiger partial charge in [0.1, 0.15) is 5.82 Å². The van der Waals surface area contributed by atoms with E-state index in [2.05, 4.69) is 70.4 Å². The SMILES string of the molecule is CC=Nc1ccc2c(c1)nc(N(CCC)CCC)c1cc(N=CC)ccc12.CNC.Cl.Cl.Cl. The maximum atomic E-state index is 5.09. The van der Waals surface area contributed by atoms with Crippen LogP contribution in [0.15, 0.2) is 46.4 Å². The van der Waals surface area contributed by atoms with E-state index in [9.17, 15) is 0 Å². The molecule has 0 aliphatic heterocycles. The molecule has 184 valence electrons. The summed E-state index contributed by atoms with van der Waals surface area (Å²) in [6.07, 6.45) is 5.83. The van der Waals surface area contributed by atoms with Gasteiger partial charge in [-0.25, -0.2) is 4.98 Å². The van der Waals surface area contributed by atoms with Crippen LogP contribution in [0.4, 0.5) is 17.2 Å². The molecule has 0 saturated heterocycles. The van der Waals surface area contributed by atoms with Gasteiger partial charge in [0, 0.05) is 36.3 Å². The summed E-state index contributed by atoms with van der Waals surface area (Å²) in [5.74, 6) is 1.05. The van der Waals surface area contributed by atoms with E-state index in [1.165, 1.54) is 10.8 Å². The first-order valence-electron chi connectivity index (χ1n) is 10.8. The van der Waals surface area contributed by atoms with Gasteiger partial charge in [0.05, 0.1) is 16.9 Å². The Bertz CT molecular complexity index is 1020. The number of hydrogen-bond acceptors (Lipinski definition) is 5. The van der Waals surface area contributed by atoms with Crippen LogP contribution < -0.4 is 10.2 Å². The van der Waals surface area contributed by atoms with Crippen molar-refractivity contribution in [1.82, 2.24) is 10.3 Å². The number of anilines is 1. The van der Waals surface area contributed by atoms with E-state index in [0.717, 1.165) is 54.0 Å². The van der Waals surface area contributed by atoms with Crippen LogP contribution >= 0.6 is 37.2 Å². The molecule has 0 aliphatic carbocycles. The number of aromatic nitrogens is 1. The minimum absolute atomic E-state index is 0. The summed E-state index contributed by atoms with van der Waals surface area (Å²) in [5.41, 5.74) is 2.89. The van der Waals surface area contributed by atoms with Gasteiger partial charge in [-0.05, 0) is 70.4 Å². The predicted molar refractivity (Wildman–Crippen MR) is 156 cm³/mol. The molecule has 3 rings (SSSR count). The summed E-state index contributed by atoms with van der Waals surface area (Å²) in [5, 5.41) is 6.29. The second-order valence-electron chi connectivity index (χ2n) is 7.13. The highest BCUT2D eigenvalue weighted by molar-refractivity contribution is 6.11. The quantitative estimate of drug-likeness (QED) is 0.261. The highest BCUT2D eigenvalue weighted by Crippen LogP contribution is 2.35. The van der Waals surface area contributed by atoms with Crippen molar-refractivity contribution < 1.29 is 0 Å². The number of benzene rings is 2. The predicted octanol–water partition coefficient (Wildman–Crippen LogP) is 7.56. The third kappa shape index (κ3) is 8.74. The Morgan fingerprint density at radius 2 is 1.27 bits per heavy atom. The Morgan fingerprint density at radius 3 is 1.76 bits per heavy atom. The van der Waals surface area contributed by atoms with E-state index in [-0.39, 0.29) is 37.2 Å². The van der Waals surface area contributed by atoms with E-state index >= 15 is 0 Å². The van der Waals surface area contributed by atoms with Crippen molar-refractivity contribution in [3.8, 4) is 0 Å². The lowest BCUT2D eigenvalue weighted by Crippen LogP contribution is -2.26. The second-order valence-corrected chi connectivity index (χ2v) is 7.13. The summed E-state index contributed by atoms with van der Waals surface area (Å²) in [4.78, 5) is 16.4. The lowest BCUT2D eigenvalue weighted by atomic mass is 10.0. The third-order valence-electron chi connectivity index (χ3n) is 4.58. The maximum absolute atomic E-state index is 5.09. The number of fused-ring (bicyclic) bond motifs is 3. The average Bonchev–Trinajstić information content (AvgIpc) is 2.74. The number of rotatable bonds is 7. The van der Waals surface area contributed by atoms with Crippen molar-refractivity contribution in [2.75, 3.05) is 32.1 Å². The van der Waals surface area contributed by atoms with Crippen LogP contribution in [0.1, 0.15) is 40.5 Å². The summed E-state index contributed by atoms with van der Waals surface area (Å²) in [6, 6.07) is 12.7. The van der Waals surface area contributed by atoms with Crippen molar-refractivity contribution in [1.29, 1.82) is 0 Å². The fourth-order valence-corrected chi connectivity index (χ4v) is 3.53. The summed E-state index contributed by atoms with van der Waals surface area (Å²) < 4.78 is 0. The van der Waals surface area contributed by atoms with Crippen molar-refractivity contribution in [3.63, 3.8) is 0 Å². The first-order chi connectivity index (χ1) is 14.6. The first kappa shape index (κ1) is 33.3. The molecular formula is C25H38Cl3N5. The number of hydrogen-bond donors (Lipinski definition) is 1. The molecule has 0 radical (unpaired) electrons. The lowest BCUT2D eigenvalue weighted by molar-refractivity contribution is 0.739. The van der Waals surface area contributed by atoms with Crippen molar-refractivity contribution in [3.05, 3.63) is 36.4 Å². The Balaban J connectivity index is 0. The zero-order valence-corrected chi connectivity index (χ0v) is 22.9. The van der Waals surface area contributed by atoms with Crippen LogP contribution in [0, 0.1) is 0 Å². The van der Waals surface area contributed by atoms with E-state index in [1.807, 2.05) is 40.4 Å². The van der Waals surface area contributed by atoms with Gasteiger partial charge in [-0.3, -0.25) is 9.98 Å². The monoisotopic (exact) mass is 513 g/mol. The first-order valence-corrected chi connectivity index (χ1v) is 10.8. The minimum Gasteiger partial charge on any atom is -0.356 e. The maximum Gasteiger partial charge on any atom is 0.137 e. The molecule has 0 amide bonds. The van der Waals surface area contributed by atoms with Crippen LogP contribution in [0.25, 0.3) is 21.7 Å². The van der Waals surface area contributed by atoms with E-state index < -0.39 is 0 Å². The van der Waals surface area contributed by atoms with Crippen LogP contribution in [0.2, 0.25) is 0 Å². The van der Waals surface area contributed by atoms with Gasteiger partial charge in [0.15, 0.2) is 0 Å². The van der Waals surface area contributed by atoms with Gasteiger partial charge in [-0.1, -0.05) is 26.0 Å². The molecule has 0 bridgehead atoms. The minimum atomic E-state index is 0. The Labute approximate surface area is 217 Å². The molecule has 0 aliphatic rings. The lowest BCUT2D eigenvalue weighted by Gasteiger charge is -2.25. The fourth-order valence-electron chi connectivity index (χ4n) is 3.53. The normalized spacial score (nSPS) is 10.4. The zero-order chi connectivity index (χ0) is 21.9. The molecule has 0 spiro atoms. The van der Waals surface area contributed by atoms with Gasteiger partial charge in [-0.2, -0.15) is 0 Å². The number of halogens is 3. The molecule has 1 aromatic heterocycles. The third-order valence-corrected chi connectivity index (χ3v) is 4.58. The fraction of sp³-hybridized carbons (Fsp3) is 0.400. The molecule has 3 aromatic rings. The number of aliphatic imine (C=N–C) groups is 2. The van der Waals surface area contributed by atoms with Crippen LogP contribution in [-0.4, -0.2) is 44.6 Å². The largest absolute Gasteiger partial charge is 0.356 e. The van der Waals surface area contributed by atoms with Crippen molar-refractivity contribution in [2.24, 2.45) is 9.98 Å². The van der Waals surface area contributed by atoms with Crippen LogP contribution in [-0.2, 0) is 0 Å². The Morgan fingerprint density at radius 1 is 0.788 bits per heavy atom. The molecule has 0 unspecified atom stereocenters. The number of pyridine rings is 1. The van der Waals surface area contributed by atoms with Gasteiger partial charge in [-0.15, -0.1) is 37.2 Å². The smallest absolute Gasteiger partial charge is 0.137 e.